The van der Waals surface area contributed by atoms with E-state index in [0.717, 1.165) is 33.3 Å². The quantitative estimate of drug-likeness (QED) is 0.135. The van der Waals surface area contributed by atoms with Crippen molar-refractivity contribution in [1.82, 2.24) is 0 Å². The fourth-order valence-corrected chi connectivity index (χ4v) is 5.87. The molecule has 5 aromatic rings. The molecule has 0 aliphatic carbocycles. The first kappa shape index (κ1) is 25.8. The zero-order valence-corrected chi connectivity index (χ0v) is 23.6. The zero-order chi connectivity index (χ0) is 27.2. The maximum Gasteiger partial charge on any atom is 0.100 e. The number of halogens is 1. The van der Waals surface area contributed by atoms with Crippen LogP contribution in [0.15, 0.2) is 167 Å². The molecular weight excluding hydrogens is 554 g/mol. The van der Waals surface area contributed by atoms with Gasteiger partial charge in [0.25, 0.3) is 0 Å². The molecular formula is C36H28BrN3. The van der Waals surface area contributed by atoms with E-state index in [9.17, 15) is 0 Å². The van der Waals surface area contributed by atoms with E-state index >= 15 is 0 Å². The Balaban J connectivity index is 1.59. The summed E-state index contributed by atoms with van der Waals surface area (Å²) >= 11 is 3.56. The van der Waals surface area contributed by atoms with Gasteiger partial charge in [0.2, 0.25) is 0 Å². The largest absolute Gasteiger partial charge is 0.164 e. The first-order valence-corrected chi connectivity index (χ1v) is 14.5. The number of benzene rings is 5. The molecule has 0 N–H and O–H groups in total. The van der Waals surface area contributed by atoms with Gasteiger partial charge in [-0.25, -0.2) is 0 Å². The van der Waals surface area contributed by atoms with Gasteiger partial charge in [-0.3, -0.25) is 0 Å². The van der Waals surface area contributed by atoms with Crippen molar-refractivity contribution in [3.05, 3.63) is 179 Å². The first-order valence-electron chi connectivity index (χ1n) is 13.4. The van der Waals surface area contributed by atoms with E-state index in [-0.39, 0.29) is 0 Å². The third-order valence-electron chi connectivity index (χ3n) is 7.43. The van der Waals surface area contributed by atoms with Crippen molar-refractivity contribution in [2.75, 3.05) is 6.54 Å². The van der Waals surface area contributed by atoms with Crippen LogP contribution >= 0.6 is 15.9 Å². The molecule has 0 radical (unpaired) electrons. The molecule has 0 spiro atoms. The Morgan fingerprint density at radius 2 is 1.10 bits per heavy atom. The highest BCUT2D eigenvalue weighted by Crippen LogP contribution is 2.42. The predicted molar refractivity (Wildman–Crippen MR) is 168 cm³/mol. The van der Waals surface area contributed by atoms with Gasteiger partial charge >= 0.3 is 0 Å². The SMILES string of the molecule is BrCc1ccc(-c2ccccc2C2=NN=NC/C2=C/C(c2ccccc2)(c2ccccc2)c2ccccc2)cc1. The Morgan fingerprint density at radius 1 is 0.600 bits per heavy atom. The van der Waals surface area contributed by atoms with Crippen molar-refractivity contribution >= 4 is 21.6 Å². The lowest BCUT2D eigenvalue weighted by atomic mass is 9.68. The van der Waals surface area contributed by atoms with Crippen LogP contribution in [0.1, 0.15) is 27.8 Å². The Hall–Kier alpha value is -4.41. The molecule has 5 aromatic carbocycles. The summed E-state index contributed by atoms with van der Waals surface area (Å²) in [6.07, 6.45) is 2.36. The van der Waals surface area contributed by atoms with Gasteiger partial charge in [0.1, 0.15) is 5.71 Å². The Bertz CT molecular complexity index is 1580. The maximum absolute atomic E-state index is 4.67. The molecule has 0 unspecified atom stereocenters. The van der Waals surface area contributed by atoms with Crippen LogP contribution in [0.5, 0.6) is 0 Å². The highest BCUT2D eigenvalue weighted by molar-refractivity contribution is 9.08. The minimum Gasteiger partial charge on any atom is -0.164 e. The van der Waals surface area contributed by atoms with Gasteiger partial charge in [0.05, 0.1) is 12.0 Å². The molecule has 0 atom stereocenters. The van der Waals surface area contributed by atoms with Crippen LogP contribution in [0, 0.1) is 0 Å². The summed E-state index contributed by atoms with van der Waals surface area (Å²) in [6, 6.07) is 49.2. The van der Waals surface area contributed by atoms with Crippen LogP contribution in [0.2, 0.25) is 0 Å². The Morgan fingerprint density at radius 3 is 1.62 bits per heavy atom. The van der Waals surface area contributed by atoms with Crippen molar-refractivity contribution in [2.24, 2.45) is 15.4 Å². The minimum absolute atomic E-state index is 0.448. The molecule has 1 heterocycles. The van der Waals surface area contributed by atoms with Crippen molar-refractivity contribution in [1.29, 1.82) is 0 Å². The minimum atomic E-state index is -0.556. The van der Waals surface area contributed by atoms with Crippen LogP contribution in [0.3, 0.4) is 0 Å². The summed E-state index contributed by atoms with van der Waals surface area (Å²) in [7, 11) is 0. The monoisotopic (exact) mass is 581 g/mol. The maximum atomic E-state index is 4.67. The van der Waals surface area contributed by atoms with Gasteiger partial charge in [-0.05, 0) is 38.6 Å². The number of nitrogens with zero attached hydrogens (tertiary/aromatic N) is 3. The molecule has 40 heavy (non-hydrogen) atoms. The summed E-state index contributed by atoms with van der Waals surface area (Å²) < 4.78 is 0. The van der Waals surface area contributed by atoms with E-state index in [4.69, 9.17) is 0 Å². The van der Waals surface area contributed by atoms with Crippen LogP contribution in [-0.4, -0.2) is 12.3 Å². The predicted octanol–water partition coefficient (Wildman–Crippen LogP) is 9.38. The lowest BCUT2D eigenvalue weighted by molar-refractivity contribution is 0.767. The van der Waals surface area contributed by atoms with Crippen LogP contribution < -0.4 is 0 Å². The fraction of sp³-hybridized carbons (Fsp3) is 0.0833. The van der Waals surface area contributed by atoms with E-state index in [2.05, 4.69) is 177 Å². The second-order valence-corrected chi connectivity index (χ2v) is 10.4. The molecule has 1 aliphatic heterocycles. The van der Waals surface area contributed by atoms with Gasteiger partial charge in [-0.15, -0.1) is 5.10 Å². The lowest BCUT2D eigenvalue weighted by Crippen LogP contribution is -2.29. The normalized spacial score (nSPS) is 14.2. The van der Waals surface area contributed by atoms with E-state index in [1.807, 2.05) is 0 Å². The summed E-state index contributed by atoms with van der Waals surface area (Å²) in [5.74, 6) is 0. The second-order valence-electron chi connectivity index (χ2n) is 9.79. The molecule has 3 nitrogen and oxygen atoms in total. The van der Waals surface area contributed by atoms with Gasteiger partial charge in [-0.1, -0.05) is 162 Å². The third kappa shape index (κ3) is 4.99. The molecule has 194 valence electrons. The van der Waals surface area contributed by atoms with Gasteiger partial charge in [0.15, 0.2) is 0 Å². The highest BCUT2D eigenvalue weighted by Gasteiger charge is 2.36. The molecule has 0 saturated heterocycles. The average molecular weight is 583 g/mol. The summed E-state index contributed by atoms with van der Waals surface area (Å²) in [5.41, 5.74) is 9.42. The van der Waals surface area contributed by atoms with Crippen LogP contribution in [0.4, 0.5) is 0 Å². The Labute approximate surface area is 243 Å². The number of hydrogen-bond acceptors (Lipinski definition) is 3. The molecule has 1 aliphatic rings. The second kappa shape index (κ2) is 11.8. The molecule has 0 fully saturated rings. The standard InChI is InChI=1S/C36H28BrN3/c37-25-27-20-22-28(23-21-27)33-18-10-11-19-34(33)35-29(26-38-40-39-35)24-36(30-12-4-1-5-13-30,31-14-6-2-7-15-31)32-16-8-3-9-17-32/h1-24H,25-26H2/b29-24-. The number of rotatable bonds is 7. The smallest absolute Gasteiger partial charge is 0.100 e. The first-order chi connectivity index (χ1) is 19.8. The molecule has 0 aromatic heterocycles. The van der Waals surface area contributed by atoms with Crippen molar-refractivity contribution in [3.8, 4) is 11.1 Å². The summed E-state index contributed by atoms with van der Waals surface area (Å²) in [6.45, 7) is 0.448. The van der Waals surface area contributed by atoms with Gasteiger partial charge in [-0.2, -0.15) is 5.11 Å². The highest BCUT2D eigenvalue weighted by atomic mass is 79.9. The number of allylic oxidation sites excluding steroid dienone is 1. The molecule has 0 bridgehead atoms. The number of alkyl halides is 1. The zero-order valence-electron chi connectivity index (χ0n) is 22.0. The van der Waals surface area contributed by atoms with E-state index in [1.165, 1.54) is 22.3 Å². The third-order valence-corrected chi connectivity index (χ3v) is 8.08. The Kier molecular flexibility index (Phi) is 7.60. The molecule has 4 heteroatoms. The molecule has 6 rings (SSSR count). The summed E-state index contributed by atoms with van der Waals surface area (Å²) in [4.78, 5) is 0. The van der Waals surface area contributed by atoms with E-state index < -0.39 is 5.41 Å². The van der Waals surface area contributed by atoms with E-state index in [1.54, 1.807) is 0 Å². The number of hydrogen-bond donors (Lipinski definition) is 0. The summed E-state index contributed by atoms with van der Waals surface area (Å²) in [5, 5.41) is 14.0. The molecule has 0 saturated carbocycles. The van der Waals surface area contributed by atoms with Crippen molar-refractivity contribution < 1.29 is 0 Å². The fourth-order valence-electron chi connectivity index (χ4n) is 5.49. The van der Waals surface area contributed by atoms with Crippen molar-refractivity contribution in [3.63, 3.8) is 0 Å². The van der Waals surface area contributed by atoms with Crippen LogP contribution in [-0.2, 0) is 10.7 Å². The topological polar surface area (TPSA) is 37.1 Å². The van der Waals surface area contributed by atoms with Gasteiger partial charge in [0, 0.05) is 16.5 Å². The van der Waals surface area contributed by atoms with Crippen molar-refractivity contribution in [2.45, 2.75) is 10.7 Å². The van der Waals surface area contributed by atoms with Crippen LogP contribution in [0.25, 0.3) is 11.1 Å². The average Bonchev–Trinajstić information content (AvgIpc) is 3.05. The molecule has 0 amide bonds. The van der Waals surface area contributed by atoms with Gasteiger partial charge < -0.3 is 0 Å². The lowest BCUT2D eigenvalue weighted by Gasteiger charge is -2.34. The van der Waals surface area contributed by atoms with E-state index in [0.29, 0.717) is 6.54 Å².